The largest absolute Gasteiger partial charge is 0.508 e. The number of thiocarbonyl (C=S) groups is 1. The fraction of sp³-hybridized carbons (Fsp3) is 0.0952. The molecule has 2 aliphatic rings. The van der Waals surface area contributed by atoms with Gasteiger partial charge < -0.3 is 39.8 Å². The average Bonchev–Trinajstić information content (AvgIpc) is 3.15. The number of rotatable bonds is 13. The van der Waals surface area contributed by atoms with Crippen molar-refractivity contribution in [1.29, 1.82) is 0 Å². The van der Waals surface area contributed by atoms with Crippen molar-refractivity contribution >= 4 is 58.1 Å². The first-order chi connectivity index (χ1) is 26.1. The zero-order chi connectivity index (χ0) is 38.2. The number of anilines is 1. The molecule has 0 spiro atoms. The Kier molecular flexibility index (Phi) is 11.3. The minimum Gasteiger partial charge on any atom is -0.508 e. The molecule has 272 valence electrons. The lowest BCUT2D eigenvalue weighted by atomic mass is 9.90. The number of phenols is 1. The first kappa shape index (κ1) is 36.9. The quantitative estimate of drug-likeness (QED) is 0.0339. The van der Waals surface area contributed by atoms with Gasteiger partial charge in [-0.05, 0) is 102 Å². The number of carboxylic acids is 2. The van der Waals surface area contributed by atoms with E-state index in [-0.39, 0.29) is 39.8 Å². The number of methoxy groups -OCH3 is 1. The van der Waals surface area contributed by atoms with Crippen LogP contribution in [0, 0.1) is 0 Å². The highest BCUT2D eigenvalue weighted by atomic mass is 32.1. The van der Waals surface area contributed by atoms with E-state index in [1.165, 1.54) is 30.3 Å². The van der Waals surface area contributed by atoms with Gasteiger partial charge in [-0.25, -0.2) is 9.59 Å². The first-order valence-corrected chi connectivity index (χ1v) is 17.1. The second kappa shape index (κ2) is 16.6. The van der Waals surface area contributed by atoms with Gasteiger partial charge in [0.25, 0.3) is 0 Å². The van der Waals surface area contributed by atoms with E-state index < -0.39 is 11.9 Å². The average molecular weight is 743 g/mol. The van der Waals surface area contributed by atoms with Crippen LogP contribution in [0.3, 0.4) is 0 Å². The van der Waals surface area contributed by atoms with E-state index in [0.717, 1.165) is 22.8 Å². The second-order valence-corrected chi connectivity index (χ2v) is 12.4. The van der Waals surface area contributed by atoms with Crippen LogP contribution in [0.15, 0.2) is 118 Å². The van der Waals surface area contributed by atoms with Gasteiger partial charge >= 0.3 is 11.9 Å². The zero-order valence-electron chi connectivity index (χ0n) is 28.9. The third-order valence-corrected chi connectivity index (χ3v) is 8.63. The predicted octanol–water partition coefficient (Wildman–Crippen LogP) is 7.70. The number of hydrogen-bond donors (Lipinski definition) is 5. The molecule has 6 rings (SSSR count). The number of aliphatic carboxylic acids is 1. The minimum absolute atomic E-state index is 0.0210. The van der Waals surface area contributed by atoms with Crippen LogP contribution < -0.4 is 25.5 Å². The summed E-state index contributed by atoms with van der Waals surface area (Å²) in [6.07, 6.45) is 7.23. The standard InChI is InChI=1S/C42H34N2O9S/c1-51-38-21-25(5-4-8-26-6-2-3-7-27(26)10-18-39(47)48)9-17-35(38)52-20-19-43-42(54)44-28-11-14-31(41(49)50)34(22-28)40-32-15-12-29(45)23-36(32)53-37-24-30(46)13-16-33(37)40/h2-4,6-18,21-24,45H,5,19-20H2,1H3,(H,47,48)(H,49,50)(H2,43,44,54)/b8-4+,18-10+. The molecular weight excluding hydrogens is 709 g/mol. The Morgan fingerprint density at radius 2 is 1.67 bits per heavy atom. The molecule has 4 aromatic rings. The summed E-state index contributed by atoms with van der Waals surface area (Å²) < 4.78 is 17.5. The maximum Gasteiger partial charge on any atom is 0.336 e. The molecule has 1 aliphatic heterocycles. The van der Waals surface area contributed by atoms with Crippen molar-refractivity contribution in [3.63, 3.8) is 0 Å². The van der Waals surface area contributed by atoms with Crippen molar-refractivity contribution in [1.82, 2.24) is 5.32 Å². The summed E-state index contributed by atoms with van der Waals surface area (Å²) in [5, 5.41) is 36.2. The number of fused-ring (bicyclic) bond motifs is 2. The van der Waals surface area contributed by atoms with Crippen LogP contribution in [-0.2, 0) is 11.2 Å². The van der Waals surface area contributed by atoms with E-state index in [4.69, 9.17) is 31.2 Å². The van der Waals surface area contributed by atoms with Crippen molar-refractivity contribution < 1.29 is 38.8 Å². The molecule has 5 N–H and O–H groups in total. The number of aromatic hydroxyl groups is 1. The summed E-state index contributed by atoms with van der Waals surface area (Å²) in [6, 6.07) is 26.7. The van der Waals surface area contributed by atoms with Crippen LogP contribution in [0.5, 0.6) is 17.2 Å². The van der Waals surface area contributed by atoms with Crippen LogP contribution in [0.4, 0.5) is 5.69 Å². The van der Waals surface area contributed by atoms with Crippen LogP contribution in [0.25, 0.3) is 45.6 Å². The fourth-order valence-electron chi connectivity index (χ4n) is 5.92. The van der Waals surface area contributed by atoms with Crippen molar-refractivity contribution in [3.05, 3.63) is 142 Å². The minimum atomic E-state index is -1.15. The second-order valence-electron chi connectivity index (χ2n) is 12.0. The van der Waals surface area contributed by atoms with E-state index in [9.17, 15) is 24.6 Å². The van der Waals surface area contributed by atoms with Crippen molar-refractivity contribution in [2.24, 2.45) is 0 Å². The third-order valence-electron chi connectivity index (χ3n) is 8.38. The summed E-state index contributed by atoms with van der Waals surface area (Å²) in [5.74, 6) is -0.840. The Bertz CT molecular complexity index is 2470. The van der Waals surface area contributed by atoms with Gasteiger partial charge in [-0.3, -0.25) is 4.79 Å². The fourth-order valence-corrected chi connectivity index (χ4v) is 6.14. The van der Waals surface area contributed by atoms with Gasteiger partial charge in [-0.1, -0.05) is 42.5 Å². The molecule has 0 unspecified atom stereocenters. The molecule has 0 saturated heterocycles. The summed E-state index contributed by atoms with van der Waals surface area (Å²) in [7, 11) is 1.56. The predicted molar refractivity (Wildman–Crippen MR) is 212 cm³/mol. The van der Waals surface area contributed by atoms with Crippen molar-refractivity contribution in [2.45, 2.75) is 6.42 Å². The van der Waals surface area contributed by atoms with Crippen LogP contribution in [0.1, 0.15) is 27.0 Å². The molecule has 12 heteroatoms. The highest BCUT2D eigenvalue weighted by molar-refractivity contribution is 7.80. The maximum absolute atomic E-state index is 12.4. The number of benzene rings is 5. The Morgan fingerprint density at radius 3 is 2.43 bits per heavy atom. The van der Waals surface area contributed by atoms with Gasteiger partial charge in [-0.15, -0.1) is 0 Å². The summed E-state index contributed by atoms with van der Waals surface area (Å²) in [4.78, 5) is 35.5. The Balaban J connectivity index is 1.11. The van der Waals surface area contributed by atoms with Crippen LogP contribution in [0.2, 0.25) is 0 Å². The van der Waals surface area contributed by atoms with Crippen molar-refractivity contribution in [2.75, 3.05) is 25.6 Å². The third kappa shape index (κ3) is 8.75. The molecule has 1 heterocycles. The van der Waals surface area contributed by atoms with Gasteiger partial charge in [0.05, 0.1) is 19.2 Å². The van der Waals surface area contributed by atoms with E-state index in [2.05, 4.69) is 10.6 Å². The Hall–Kier alpha value is -6.92. The summed E-state index contributed by atoms with van der Waals surface area (Å²) in [6.45, 7) is 0.590. The molecule has 0 radical (unpaired) electrons. The van der Waals surface area contributed by atoms with E-state index >= 15 is 0 Å². The van der Waals surface area contributed by atoms with Crippen molar-refractivity contribution in [3.8, 4) is 39.7 Å². The molecule has 0 amide bonds. The van der Waals surface area contributed by atoms with Gasteiger partial charge in [-0.2, -0.15) is 0 Å². The monoisotopic (exact) mass is 742 g/mol. The van der Waals surface area contributed by atoms with Crippen LogP contribution >= 0.6 is 12.2 Å². The van der Waals surface area contributed by atoms with E-state index in [0.29, 0.717) is 52.2 Å². The van der Waals surface area contributed by atoms with Gasteiger partial charge in [0.15, 0.2) is 22.0 Å². The molecule has 11 nitrogen and oxygen atoms in total. The number of nitrogens with one attached hydrogen (secondary N) is 2. The highest BCUT2D eigenvalue weighted by Gasteiger charge is 2.22. The number of phenolic OH excluding ortho intramolecular Hbond substituents is 1. The topological polar surface area (TPSA) is 168 Å². The molecule has 0 fully saturated rings. The lowest BCUT2D eigenvalue weighted by Crippen LogP contribution is -2.32. The normalized spacial score (nSPS) is 11.3. The summed E-state index contributed by atoms with van der Waals surface area (Å²) in [5.41, 5.74) is 4.64. The van der Waals surface area contributed by atoms with Gasteiger partial charge in [0.1, 0.15) is 23.7 Å². The number of aromatic carboxylic acids is 1. The Labute approximate surface area is 314 Å². The number of ether oxygens (including phenoxy) is 2. The molecule has 1 aliphatic carbocycles. The molecular formula is C42H34N2O9S. The zero-order valence-corrected chi connectivity index (χ0v) is 29.7. The van der Waals surface area contributed by atoms with E-state index in [1.54, 1.807) is 37.5 Å². The molecule has 0 saturated carbocycles. The SMILES string of the molecule is COc1cc(C/C=C/c2ccccc2/C=C/C(=O)O)ccc1OCCNC(=S)Nc1ccc(C(=O)O)c(-c2c3ccc(=O)cc-3oc3cc(O)ccc23)c1. The Morgan fingerprint density at radius 1 is 0.870 bits per heavy atom. The lowest BCUT2D eigenvalue weighted by Gasteiger charge is -2.18. The molecule has 54 heavy (non-hydrogen) atoms. The number of carbonyl (C=O) groups is 2. The first-order valence-electron chi connectivity index (χ1n) is 16.7. The smallest absolute Gasteiger partial charge is 0.336 e. The number of hydrogen-bond acceptors (Lipinski definition) is 8. The molecule has 0 atom stereocenters. The van der Waals surface area contributed by atoms with Gasteiger partial charge in [0.2, 0.25) is 0 Å². The molecule has 0 aromatic heterocycles. The highest BCUT2D eigenvalue weighted by Crippen LogP contribution is 2.42. The number of carboxylic acid groups (broad SMARTS) is 2. The van der Waals surface area contributed by atoms with Crippen LogP contribution in [-0.4, -0.2) is 52.6 Å². The van der Waals surface area contributed by atoms with E-state index in [1.807, 2.05) is 54.6 Å². The lowest BCUT2D eigenvalue weighted by molar-refractivity contribution is -0.131. The molecule has 4 aromatic carbocycles. The maximum atomic E-state index is 12.4. The van der Waals surface area contributed by atoms with Gasteiger partial charge in [0, 0.05) is 40.4 Å². The summed E-state index contributed by atoms with van der Waals surface area (Å²) >= 11 is 5.54. The number of allylic oxidation sites excluding steroid dienone is 1. The molecule has 0 bridgehead atoms.